The first kappa shape index (κ1) is 12.9. The fraction of sp³-hybridized carbons (Fsp3) is 0.571. The fourth-order valence-electron chi connectivity index (χ4n) is 2.19. The van der Waals surface area contributed by atoms with Crippen LogP contribution < -0.4 is 5.32 Å². The van der Waals surface area contributed by atoms with Gasteiger partial charge in [0.25, 0.3) is 0 Å². The lowest BCUT2D eigenvalue weighted by molar-refractivity contribution is 0.234. The minimum absolute atomic E-state index is 0.723. The molecule has 0 saturated carbocycles. The van der Waals surface area contributed by atoms with Gasteiger partial charge in [0.15, 0.2) is 0 Å². The Hall–Kier alpha value is -0.510. The van der Waals surface area contributed by atoms with E-state index in [4.69, 9.17) is 0 Å². The van der Waals surface area contributed by atoms with Gasteiger partial charge in [0.05, 0.1) is 0 Å². The van der Waals surface area contributed by atoms with Crippen LogP contribution >= 0.6 is 11.8 Å². The van der Waals surface area contributed by atoms with Crippen molar-refractivity contribution in [3.05, 3.63) is 30.3 Å². The molecule has 1 saturated heterocycles. The maximum absolute atomic E-state index is 3.47. The third-order valence-corrected chi connectivity index (χ3v) is 4.32. The van der Waals surface area contributed by atoms with Gasteiger partial charge in [-0.1, -0.05) is 18.2 Å². The topological polar surface area (TPSA) is 15.3 Å². The van der Waals surface area contributed by atoms with Crippen LogP contribution in [0.15, 0.2) is 35.2 Å². The van der Waals surface area contributed by atoms with Gasteiger partial charge in [-0.05, 0) is 32.0 Å². The third kappa shape index (κ3) is 4.34. The van der Waals surface area contributed by atoms with Gasteiger partial charge in [-0.3, -0.25) is 4.90 Å². The lowest BCUT2D eigenvalue weighted by atomic mass is 10.2. The molecule has 2 nitrogen and oxygen atoms in total. The number of hydrogen-bond donors (Lipinski definition) is 1. The zero-order valence-electron chi connectivity index (χ0n) is 10.6. The summed E-state index contributed by atoms with van der Waals surface area (Å²) in [5.41, 5.74) is 0. The van der Waals surface area contributed by atoms with Crippen LogP contribution in [0.4, 0.5) is 0 Å². The van der Waals surface area contributed by atoms with Gasteiger partial charge in [0, 0.05) is 36.3 Å². The Morgan fingerprint density at radius 1 is 1.29 bits per heavy atom. The highest BCUT2D eigenvalue weighted by Crippen LogP contribution is 2.17. The average molecular weight is 250 g/mol. The summed E-state index contributed by atoms with van der Waals surface area (Å²) in [6.45, 7) is 7.04. The SMILES string of the molecule is CC1CCNCCN1CCSc1ccccc1. The van der Waals surface area contributed by atoms with E-state index in [9.17, 15) is 0 Å². The molecule has 0 bridgehead atoms. The fourth-order valence-corrected chi connectivity index (χ4v) is 3.10. The van der Waals surface area contributed by atoms with Crippen LogP contribution in [0, 0.1) is 0 Å². The molecule has 1 fully saturated rings. The molecule has 1 aliphatic rings. The van der Waals surface area contributed by atoms with Crippen LogP contribution in [0.25, 0.3) is 0 Å². The van der Waals surface area contributed by atoms with E-state index in [0.29, 0.717) is 0 Å². The molecule has 17 heavy (non-hydrogen) atoms. The van der Waals surface area contributed by atoms with Gasteiger partial charge in [-0.25, -0.2) is 0 Å². The molecular formula is C14H22N2S. The molecule has 0 amide bonds. The molecular weight excluding hydrogens is 228 g/mol. The number of benzene rings is 1. The summed E-state index contributed by atoms with van der Waals surface area (Å²) in [5, 5.41) is 3.47. The highest BCUT2D eigenvalue weighted by molar-refractivity contribution is 7.99. The molecule has 0 aromatic heterocycles. The first-order valence-electron chi connectivity index (χ1n) is 6.49. The Morgan fingerprint density at radius 2 is 2.12 bits per heavy atom. The molecule has 0 radical (unpaired) electrons. The second-order valence-corrected chi connectivity index (χ2v) is 5.75. The Morgan fingerprint density at radius 3 is 2.94 bits per heavy atom. The smallest absolute Gasteiger partial charge is 0.0110 e. The molecule has 1 heterocycles. The van der Waals surface area contributed by atoms with Crippen molar-refractivity contribution < 1.29 is 0 Å². The summed E-state index contributed by atoms with van der Waals surface area (Å²) < 4.78 is 0. The summed E-state index contributed by atoms with van der Waals surface area (Å²) >= 11 is 1.96. The van der Waals surface area contributed by atoms with Crippen molar-refractivity contribution in [2.45, 2.75) is 24.3 Å². The van der Waals surface area contributed by atoms with Crippen LogP contribution in [-0.2, 0) is 0 Å². The van der Waals surface area contributed by atoms with Gasteiger partial charge in [-0.2, -0.15) is 0 Å². The molecule has 1 unspecified atom stereocenters. The predicted molar refractivity (Wildman–Crippen MR) is 75.7 cm³/mol. The molecule has 1 aliphatic heterocycles. The Balaban J connectivity index is 1.73. The van der Waals surface area contributed by atoms with Crippen LogP contribution in [0.2, 0.25) is 0 Å². The largest absolute Gasteiger partial charge is 0.315 e. The van der Waals surface area contributed by atoms with Crippen LogP contribution in [-0.4, -0.2) is 42.9 Å². The average Bonchev–Trinajstić information content (AvgIpc) is 2.56. The minimum Gasteiger partial charge on any atom is -0.315 e. The Kier molecular flexibility index (Phi) is 5.36. The number of nitrogens with one attached hydrogen (secondary N) is 1. The van der Waals surface area contributed by atoms with E-state index in [1.165, 1.54) is 36.7 Å². The van der Waals surface area contributed by atoms with Crippen LogP contribution in [0.5, 0.6) is 0 Å². The van der Waals surface area contributed by atoms with Crippen LogP contribution in [0.1, 0.15) is 13.3 Å². The van der Waals surface area contributed by atoms with E-state index in [-0.39, 0.29) is 0 Å². The van der Waals surface area contributed by atoms with Crippen molar-refractivity contribution >= 4 is 11.8 Å². The van der Waals surface area contributed by atoms with Crippen molar-refractivity contribution in [3.8, 4) is 0 Å². The molecule has 3 heteroatoms. The zero-order chi connectivity index (χ0) is 11.9. The first-order valence-corrected chi connectivity index (χ1v) is 7.47. The summed E-state index contributed by atoms with van der Waals surface area (Å²) in [7, 11) is 0. The third-order valence-electron chi connectivity index (χ3n) is 3.33. The maximum atomic E-state index is 3.47. The van der Waals surface area contributed by atoms with Gasteiger partial charge in [0.2, 0.25) is 0 Å². The molecule has 1 aromatic rings. The summed E-state index contributed by atoms with van der Waals surface area (Å²) in [6, 6.07) is 11.4. The quantitative estimate of drug-likeness (QED) is 0.827. The van der Waals surface area contributed by atoms with E-state index in [2.05, 4.69) is 47.5 Å². The van der Waals surface area contributed by atoms with Gasteiger partial charge >= 0.3 is 0 Å². The van der Waals surface area contributed by atoms with Crippen LogP contribution in [0.3, 0.4) is 0 Å². The molecule has 1 N–H and O–H groups in total. The lowest BCUT2D eigenvalue weighted by Crippen LogP contribution is -2.36. The van der Waals surface area contributed by atoms with E-state index in [1.807, 2.05) is 11.8 Å². The van der Waals surface area contributed by atoms with Crippen molar-refractivity contribution in [2.75, 3.05) is 31.9 Å². The van der Waals surface area contributed by atoms with Gasteiger partial charge in [-0.15, -0.1) is 11.8 Å². The van der Waals surface area contributed by atoms with Crippen molar-refractivity contribution in [3.63, 3.8) is 0 Å². The highest BCUT2D eigenvalue weighted by atomic mass is 32.2. The van der Waals surface area contributed by atoms with Crippen molar-refractivity contribution in [1.29, 1.82) is 0 Å². The summed E-state index contributed by atoms with van der Waals surface area (Å²) in [4.78, 5) is 3.99. The second-order valence-electron chi connectivity index (χ2n) is 4.59. The first-order chi connectivity index (χ1) is 8.36. The highest BCUT2D eigenvalue weighted by Gasteiger charge is 2.15. The van der Waals surface area contributed by atoms with Crippen molar-refractivity contribution in [2.24, 2.45) is 0 Å². The summed E-state index contributed by atoms with van der Waals surface area (Å²) in [5.74, 6) is 1.19. The molecule has 1 atom stereocenters. The second kappa shape index (κ2) is 7.04. The monoisotopic (exact) mass is 250 g/mol. The molecule has 2 rings (SSSR count). The molecule has 94 valence electrons. The lowest BCUT2D eigenvalue weighted by Gasteiger charge is -2.26. The summed E-state index contributed by atoms with van der Waals surface area (Å²) in [6.07, 6.45) is 1.27. The van der Waals surface area contributed by atoms with Crippen molar-refractivity contribution in [1.82, 2.24) is 10.2 Å². The Labute approximate surface area is 109 Å². The predicted octanol–water partition coefficient (Wildman–Crippen LogP) is 2.46. The van der Waals surface area contributed by atoms with E-state index < -0.39 is 0 Å². The number of thioether (sulfide) groups is 1. The number of rotatable bonds is 4. The minimum atomic E-state index is 0.723. The number of nitrogens with zero attached hydrogens (tertiary/aromatic N) is 1. The molecule has 0 aliphatic carbocycles. The maximum Gasteiger partial charge on any atom is 0.0110 e. The van der Waals surface area contributed by atoms with Gasteiger partial charge in [0.1, 0.15) is 0 Å². The van der Waals surface area contributed by atoms with E-state index in [0.717, 1.165) is 12.6 Å². The normalized spacial score (nSPS) is 22.3. The zero-order valence-corrected chi connectivity index (χ0v) is 11.4. The van der Waals surface area contributed by atoms with E-state index >= 15 is 0 Å². The Bertz CT molecular complexity index is 315. The number of hydrogen-bond acceptors (Lipinski definition) is 3. The van der Waals surface area contributed by atoms with Gasteiger partial charge < -0.3 is 5.32 Å². The van der Waals surface area contributed by atoms with E-state index in [1.54, 1.807) is 0 Å². The standard InChI is InChI=1S/C14H22N2S/c1-13-7-8-15-9-10-16(13)11-12-17-14-5-3-2-4-6-14/h2-6,13,15H,7-12H2,1H3. The molecule has 1 aromatic carbocycles. The molecule has 0 spiro atoms.